The zero-order valence-electron chi connectivity index (χ0n) is 14.3. The van der Waals surface area contributed by atoms with E-state index in [-0.39, 0.29) is 18.2 Å². The molecule has 6 heteroatoms. The lowest BCUT2D eigenvalue weighted by Gasteiger charge is -2.15. The van der Waals surface area contributed by atoms with E-state index in [1.165, 1.54) is 7.11 Å². The van der Waals surface area contributed by atoms with E-state index >= 15 is 0 Å². The number of aryl methyl sites for hydroxylation is 1. The monoisotopic (exact) mass is 361 g/mol. The maximum atomic E-state index is 12.2. The Kier molecular flexibility index (Phi) is 6.42. The summed E-state index contributed by atoms with van der Waals surface area (Å²) in [6.45, 7) is 3.31. The Bertz CT molecular complexity index is 776. The van der Waals surface area contributed by atoms with Crippen LogP contribution in [0.4, 0.5) is 0 Å². The van der Waals surface area contributed by atoms with E-state index in [2.05, 4.69) is 5.32 Å². The lowest BCUT2D eigenvalue weighted by molar-refractivity contribution is -0.124. The average Bonchev–Trinajstić information content (AvgIpc) is 2.59. The van der Waals surface area contributed by atoms with Gasteiger partial charge in [-0.25, -0.2) is 4.79 Å². The van der Waals surface area contributed by atoms with E-state index in [1.807, 2.05) is 32.0 Å². The molecule has 0 radical (unpaired) electrons. The molecule has 2 aromatic rings. The zero-order valence-corrected chi connectivity index (χ0v) is 15.1. The fourth-order valence-electron chi connectivity index (χ4n) is 2.33. The topological polar surface area (TPSA) is 64.6 Å². The van der Waals surface area contributed by atoms with E-state index in [0.717, 1.165) is 11.1 Å². The van der Waals surface area contributed by atoms with Crippen LogP contribution in [0.2, 0.25) is 5.02 Å². The summed E-state index contributed by atoms with van der Waals surface area (Å²) in [4.78, 5) is 24.2. The van der Waals surface area contributed by atoms with E-state index in [4.69, 9.17) is 21.1 Å². The minimum atomic E-state index is -0.605. The maximum absolute atomic E-state index is 12.2. The molecular formula is C19H20ClNO4. The van der Waals surface area contributed by atoms with Crippen LogP contribution in [0.5, 0.6) is 5.75 Å². The van der Waals surface area contributed by atoms with Crippen molar-refractivity contribution in [1.29, 1.82) is 0 Å². The molecular weight excluding hydrogens is 342 g/mol. The van der Waals surface area contributed by atoms with Crippen molar-refractivity contribution in [2.24, 2.45) is 0 Å². The highest BCUT2D eigenvalue weighted by molar-refractivity contribution is 6.30. The van der Waals surface area contributed by atoms with Gasteiger partial charge in [-0.05, 0) is 43.7 Å². The molecule has 1 N–H and O–H groups in total. The number of ether oxygens (including phenoxy) is 2. The SMILES string of the molecule is COc1ccc(C)cc1C(=O)OCC(=O)N[C@H](C)c1cccc(Cl)c1. The van der Waals surface area contributed by atoms with Gasteiger partial charge < -0.3 is 14.8 Å². The van der Waals surface area contributed by atoms with Crippen molar-refractivity contribution in [3.8, 4) is 5.75 Å². The number of benzene rings is 2. The Hall–Kier alpha value is -2.53. The number of rotatable bonds is 6. The number of carbonyl (C=O) groups excluding carboxylic acids is 2. The van der Waals surface area contributed by atoms with Gasteiger partial charge in [0.25, 0.3) is 5.91 Å². The summed E-state index contributed by atoms with van der Waals surface area (Å²) in [7, 11) is 1.47. The van der Waals surface area contributed by atoms with Crippen molar-refractivity contribution in [3.63, 3.8) is 0 Å². The standard InChI is InChI=1S/C19H20ClNO4/c1-12-7-8-17(24-3)16(9-12)19(23)25-11-18(22)21-13(2)14-5-4-6-15(20)10-14/h4-10,13H,11H2,1-3H3,(H,21,22)/t13-/m1/s1. The number of carbonyl (C=O) groups is 2. The summed E-state index contributed by atoms with van der Waals surface area (Å²) in [5.41, 5.74) is 2.05. The van der Waals surface area contributed by atoms with Gasteiger partial charge in [0.15, 0.2) is 6.61 Å². The molecule has 0 fully saturated rings. The van der Waals surface area contributed by atoms with Crippen LogP contribution in [0, 0.1) is 6.92 Å². The number of nitrogens with one attached hydrogen (secondary N) is 1. The van der Waals surface area contributed by atoms with Crippen molar-refractivity contribution in [2.75, 3.05) is 13.7 Å². The van der Waals surface area contributed by atoms with Crippen LogP contribution in [0.3, 0.4) is 0 Å². The van der Waals surface area contributed by atoms with Crippen molar-refractivity contribution >= 4 is 23.5 Å². The molecule has 0 bridgehead atoms. The molecule has 132 valence electrons. The van der Waals surface area contributed by atoms with Gasteiger partial charge in [0, 0.05) is 5.02 Å². The Morgan fingerprint density at radius 3 is 2.64 bits per heavy atom. The molecule has 0 aliphatic heterocycles. The first kappa shape index (κ1) is 18.8. The Labute approximate surface area is 151 Å². The van der Waals surface area contributed by atoms with Gasteiger partial charge in [-0.2, -0.15) is 0 Å². The molecule has 0 aliphatic rings. The van der Waals surface area contributed by atoms with Crippen LogP contribution < -0.4 is 10.1 Å². The largest absolute Gasteiger partial charge is 0.496 e. The summed E-state index contributed by atoms with van der Waals surface area (Å²) >= 11 is 5.94. The first-order valence-corrected chi connectivity index (χ1v) is 8.15. The highest BCUT2D eigenvalue weighted by Gasteiger charge is 2.16. The summed E-state index contributed by atoms with van der Waals surface area (Å²) in [5, 5.41) is 3.36. The fraction of sp³-hybridized carbons (Fsp3) is 0.263. The lowest BCUT2D eigenvalue weighted by Crippen LogP contribution is -2.31. The van der Waals surface area contributed by atoms with Crippen LogP contribution >= 0.6 is 11.6 Å². The molecule has 0 saturated carbocycles. The lowest BCUT2D eigenvalue weighted by atomic mass is 10.1. The highest BCUT2D eigenvalue weighted by Crippen LogP contribution is 2.21. The minimum Gasteiger partial charge on any atom is -0.496 e. The summed E-state index contributed by atoms with van der Waals surface area (Å²) < 4.78 is 10.2. The second-order valence-electron chi connectivity index (χ2n) is 5.62. The first-order chi connectivity index (χ1) is 11.9. The minimum absolute atomic E-state index is 0.251. The zero-order chi connectivity index (χ0) is 18.4. The van der Waals surface area contributed by atoms with Crippen LogP contribution in [-0.4, -0.2) is 25.6 Å². The summed E-state index contributed by atoms with van der Waals surface area (Å²) in [6.07, 6.45) is 0. The van der Waals surface area contributed by atoms with Crippen LogP contribution in [0.25, 0.3) is 0 Å². The molecule has 2 aromatic carbocycles. The predicted molar refractivity (Wildman–Crippen MR) is 96.0 cm³/mol. The number of methoxy groups -OCH3 is 1. The van der Waals surface area contributed by atoms with Crippen molar-refractivity contribution < 1.29 is 19.1 Å². The fourth-order valence-corrected chi connectivity index (χ4v) is 2.53. The molecule has 0 saturated heterocycles. The molecule has 0 aliphatic carbocycles. The second-order valence-corrected chi connectivity index (χ2v) is 6.06. The third-order valence-electron chi connectivity index (χ3n) is 3.64. The van der Waals surface area contributed by atoms with Crippen molar-refractivity contribution in [2.45, 2.75) is 19.9 Å². The highest BCUT2D eigenvalue weighted by atomic mass is 35.5. The van der Waals surface area contributed by atoms with Gasteiger partial charge in [-0.3, -0.25) is 4.79 Å². The van der Waals surface area contributed by atoms with Gasteiger partial charge in [-0.1, -0.05) is 35.4 Å². The Balaban J connectivity index is 1.93. The second kappa shape index (κ2) is 8.53. The van der Waals surface area contributed by atoms with E-state index in [0.29, 0.717) is 10.8 Å². The quantitative estimate of drug-likeness (QED) is 0.797. The van der Waals surface area contributed by atoms with E-state index < -0.39 is 11.9 Å². The molecule has 5 nitrogen and oxygen atoms in total. The normalized spacial score (nSPS) is 11.5. The van der Waals surface area contributed by atoms with Crippen molar-refractivity contribution in [3.05, 3.63) is 64.2 Å². The Morgan fingerprint density at radius 2 is 1.96 bits per heavy atom. The van der Waals surface area contributed by atoms with Crippen molar-refractivity contribution in [1.82, 2.24) is 5.32 Å². The molecule has 2 rings (SSSR count). The Morgan fingerprint density at radius 1 is 1.20 bits per heavy atom. The van der Waals surface area contributed by atoms with Crippen LogP contribution in [0.15, 0.2) is 42.5 Å². The van der Waals surface area contributed by atoms with E-state index in [9.17, 15) is 9.59 Å². The van der Waals surface area contributed by atoms with E-state index in [1.54, 1.807) is 24.3 Å². The molecule has 0 unspecified atom stereocenters. The van der Waals surface area contributed by atoms with Gasteiger partial charge in [-0.15, -0.1) is 0 Å². The third-order valence-corrected chi connectivity index (χ3v) is 3.87. The first-order valence-electron chi connectivity index (χ1n) is 7.77. The summed E-state index contributed by atoms with van der Waals surface area (Å²) in [6, 6.07) is 12.1. The molecule has 0 heterocycles. The molecule has 1 atom stereocenters. The molecule has 0 spiro atoms. The van der Waals surface area contributed by atoms with Crippen LogP contribution in [-0.2, 0) is 9.53 Å². The third kappa shape index (κ3) is 5.22. The number of hydrogen-bond donors (Lipinski definition) is 1. The van der Waals surface area contributed by atoms with Gasteiger partial charge >= 0.3 is 5.97 Å². The summed E-state index contributed by atoms with van der Waals surface area (Å²) in [5.74, 6) is -0.596. The van der Waals surface area contributed by atoms with Gasteiger partial charge in [0.1, 0.15) is 11.3 Å². The molecule has 25 heavy (non-hydrogen) atoms. The van der Waals surface area contributed by atoms with Gasteiger partial charge in [0.2, 0.25) is 0 Å². The van der Waals surface area contributed by atoms with Crippen LogP contribution in [0.1, 0.15) is 34.5 Å². The number of amides is 1. The smallest absolute Gasteiger partial charge is 0.342 e. The maximum Gasteiger partial charge on any atom is 0.342 e. The molecule has 0 aromatic heterocycles. The average molecular weight is 362 g/mol. The molecule has 1 amide bonds. The number of esters is 1. The van der Waals surface area contributed by atoms with Gasteiger partial charge in [0.05, 0.1) is 13.2 Å². The number of hydrogen-bond acceptors (Lipinski definition) is 4. The number of halogens is 1. The predicted octanol–water partition coefficient (Wildman–Crippen LogP) is 3.69.